The van der Waals surface area contributed by atoms with Gasteiger partial charge in [0.1, 0.15) is 17.2 Å². The lowest BCUT2D eigenvalue weighted by Crippen LogP contribution is -2.26. The first kappa shape index (κ1) is 17.7. The van der Waals surface area contributed by atoms with Gasteiger partial charge in [0.05, 0.1) is 26.9 Å². The van der Waals surface area contributed by atoms with Crippen LogP contribution in [0.4, 0.5) is 0 Å². The summed E-state index contributed by atoms with van der Waals surface area (Å²) in [4.78, 5) is 12.4. The summed E-state index contributed by atoms with van der Waals surface area (Å²) in [6, 6.07) is 11.3. The van der Waals surface area contributed by atoms with E-state index in [1.165, 1.54) is 0 Å². The van der Waals surface area contributed by atoms with E-state index in [1.807, 2.05) is 31.2 Å². The molecule has 0 fully saturated rings. The number of hydrogen-bond donors (Lipinski definition) is 1. The molecule has 0 saturated heterocycles. The summed E-state index contributed by atoms with van der Waals surface area (Å²) in [6.45, 7) is 2.39. The van der Waals surface area contributed by atoms with Crippen LogP contribution in [0.3, 0.4) is 0 Å². The highest BCUT2D eigenvalue weighted by atomic mass is 16.5. The second-order valence-corrected chi connectivity index (χ2v) is 5.33. The molecular formula is C19H23NO4. The van der Waals surface area contributed by atoms with Crippen LogP contribution >= 0.6 is 0 Å². The Bertz CT molecular complexity index is 713. The molecule has 0 spiro atoms. The van der Waals surface area contributed by atoms with E-state index in [0.717, 1.165) is 23.3 Å². The molecule has 0 saturated carbocycles. The van der Waals surface area contributed by atoms with Gasteiger partial charge in [0.25, 0.3) is 5.91 Å². The van der Waals surface area contributed by atoms with Crippen molar-refractivity contribution in [3.05, 3.63) is 53.1 Å². The zero-order chi connectivity index (χ0) is 17.5. The first-order chi connectivity index (χ1) is 11.6. The van der Waals surface area contributed by atoms with Gasteiger partial charge in [0.15, 0.2) is 0 Å². The van der Waals surface area contributed by atoms with Crippen LogP contribution < -0.4 is 19.5 Å². The average molecular weight is 329 g/mol. The number of methoxy groups -OCH3 is 3. The number of hydrogen-bond acceptors (Lipinski definition) is 4. The highest BCUT2D eigenvalue weighted by Crippen LogP contribution is 2.31. The van der Waals surface area contributed by atoms with Gasteiger partial charge in [-0.05, 0) is 43.2 Å². The van der Waals surface area contributed by atoms with Crippen molar-refractivity contribution in [2.24, 2.45) is 0 Å². The monoisotopic (exact) mass is 329 g/mol. The predicted molar refractivity (Wildman–Crippen MR) is 93.3 cm³/mol. The first-order valence-electron chi connectivity index (χ1n) is 7.73. The number of nitrogens with one attached hydrogen (secondary N) is 1. The van der Waals surface area contributed by atoms with E-state index in [4.69, 9.17) is 14.2 Å². The lowest BCUT2D eigenvalue weighted by molar-refractivity contribution is 0.0951. The van der Waals surface area contributed by atoms with Crippen molar-refractivity contribution in [3.8, 4) is 17.2 Å². The van der Waals surface area contributed by atoms with Gasteiger partial charge in [-0.3, -0.25) is 4.79 Å². The summed E-state index contributed by atoms with van der Waals surface area (Å²) in [5.41, 5.74) is 2.41. The highest BCUT2D eigenvalue weighted by molar-refractivity contribution is 5.97. The normalized spacial score (nSPS) is 10.2. The molecule has 24 heavy (non-hydrogen) atoms. The number of carbonyl (C=O) groups excluding carboxylic acids is 1. The quantitative estimate of drug-likeness (QED) is 0.848. The molecule has 0 aromatic heterocycles. The maximum Gasteiger partial charge on any atom is 0.255 e. The van der Waals surface area contributed by atoms with Crippen molar-refractivity contribution >= 4 is 5.91 Å². The van der Waals surface area contributed by atoms with E-state index in [-0.39, 0.29) is 5.91 Å². The molecule has 0 aliphatic carbocycles. The molecule has 2 rings (SSSR count). The topological polar surface area (TPSA) is 56.8 Å². The molecule has 2 aromatic rings. The van der Waals surface area contributed by atoms with E-state index in [2.05, 4.69) is 5.32 Å². The maximum atomic E-state index is 12.4. The summed E-state index contributed by atoms with van der Waals surface area (Å²) >= 11 is 0. The summed E-state index contributed by atoms with van der Waals surface area (Å²) in [7, 11) is 4.78. The third-order valence-corrected chi connectivity index (χ3v) is 3.86. The molecule has 5 heteroatoms. The van der Waals surface area contributed by atoms with Gasteiger partial charge < -0.3 is 19.5 Å². The van der Waals surface area contributed by atoms with Crippen molar-refractivity contribution < 1.29 is 19.0 Å². The van der Waals surface area contributed by atoms with Crippen LogP contribution in [0.5, 0.6) is 17.2 Å². The van der Waals surface area contributed by atoms with Gasteiger partial charge in [0.2, 0.25) is 0 Å². The van der Waals surface area contributed by atoms with Crippen molar-refractivity contribution in [2.75, 3.05) is 27.9 Å². The molecule has 0 heterocycles. The van der Waals surface area contributed by atoms with Crippen molar-refractivity contribution in [1.82, 2.24) is 5.32 Å². The van der Waals surface area contributed by atoms with Gasteiger partial charge in [-0.25, -0.2) is 0 Å². The molecular weight excluding hydrogens is 306 g/mol. The zero-order valence-corrected chi connectivity index (χ0v) is 14.5. The average Bonchev–Trinajstić information content (AvgIpc) is 2.61. The number of rotatable bonds is 7. The number of carbonyl (C=O) groups is 1. The number of ether oxygens (including phenoxy) is 3. The fraction of sp³-hybridized carbons (Fsp3) is 0.316. The van der Waals surface area contributed by atoms with Crippen molar-refractivity contribution in [1.29, 1.82) is 0 Å². The molecule has 0 radical (unpaired) electrons. The molecule has 128 valence electrons. The molecule has 1 amide bonds. The van der Waals surface area contributed by atoms with Gasteiger partial charge in [-0.2, -0.15) is 0 Å². The Hall–Kier alpha value is -2.69. The summed E-state index contributed by atoms with van der Waals surface area (Å²) in [5.74, 6) is 1.87. The lowest BCUT2D eigenvalue weighted by Gasteiger charge is -2.14. The summed E-state index contributed by atoms with van der Waals surface area (Å²) in [5, 5.41) is 2.92. The highest BCUT2D eigenvalue weighted by Gasteiger charge is 2.16. The Kier molecular flexibility index (Phi) is 6.07. The maximum absolute atomic E-state index is 12.4. The van der Waals surface area contributed by atoms with E-state index < -0.39 is 0 Å². The molecule has 0 atom stereocenters. The van der Waals surface area contributed by atoms with Crippen LogP contribution in [0.1, 0.15) is 21.5 Å². The van der Waals surface area contributed by atoms with Crippen LogP contribution in [-0.4, -0.2) is 33.8 Å². The van der Waals surface area contributed by atoms with Crippen LogP contribution in [0, 0.1) is 6.92 Å². The van der Waals surface area contributed by atoms with E-state index in [0.29, 0.717) is 23.6 Å². The Morgan fingerprint density at radius 2 is 1.83 bits per heavy atom. The minimum atomic E-state index is -0.166. The van der Waals surface area contributed by atoms with Gasteiger partial charge >= 0.3 is 0 Å². The second-order valence-electron chi connectivity index (χ2n) is 5.33. The number of amides is 1. The lowest BCUT2D eigenvalue weighted by atomic mass is 10.1. The molecule has 1 N–H and O–H groups in total. The molecule has 2 aromatic carbocycles. The molecule has 0 aliphatic rings. The third kappa shape index (κ3) is 3.98. The fourth-order valence-electron chi connectivity index (χ4n) is 2.58. The van der Waals surface area contributed by atoms with Crippen molar-refractivity contribution in [3.63, 3.8) is 0 Å². The molecule has 0 aliphatic heterocycles. The Balaban J connectivity index is 2.03. The van der Waals surface area contributed by atoms with Gasteiger partial charge in [-0.1, -0.05) is 12.1 Å². The Morgan fingerprint density at radius 3 is 2.50 bits per heavy atom. The second kappa shape index (κ2) is 8.24. The van der Waals surface area contributed by atoms with Crippen LogP contribution in [0.2, 0.25) is 0 Å². The van der Waals surface area contributed by atoms with Crippen LogP contribution in [0.15, 0.2) is 36.4 Å². The van der Waals surface area contributed by atoms with Crippen LogP contribution in [0.25, 0.3) is 0 Å². The Morgan fingerprint density at radius 1 is 1.04 bits per heavy atom. The molecule has 0 unspecified atom stereocenters. The SMILES string of the molecule is COc1cccc(CCNC(=O)c2ccc(OC)c(C)c2OC)c1. The van der Waals surface area contributed by atoms with Crippen molar-refractivity contribution in [2.45, 2.75) is 13.3 Å². The van der Waals surface area contributed by atoms with E-state index >= 15 is 0 Å². The third-order valence-electron chi connectivity index (χ3n) is 3.86. The number of benzene rings is 2. The van der Waals surface area contributed by atoms with Gasteiger partial charge in [-0.15, -0.1) is 0 Å². The van der Waals surface area contributed by atoms with E-state index in [1.54, 1.807) is 33.5 Å². The molecule has 5 nitrogen and oxygen atoms in total. The largest absolute Gasteiger partial charge is 0.497 e. The predicted octanol–water partition coefficient (Wildman–Crippen LogP) is 2.99. The zero-order valence-electron chi connectivity index (χ0n) is 14.5. The van der Waals surface area contributed by atoms with Gasteiger partial charge in [0, 0.05) is 12.1 Å². The summed E-state index contributed by atoms with van der Waals surface area (Å²) in [6.07, 6.45) is 0.723. The summed E-state index contributed by atoms with van der Waals surface area (Å²) < 4.78 is 15.8. The minimum absolute atomic E-state index is 0.166. The molecule has 0 bridgehead atoms. The van der Waals surface area contributed by atoms with E-state index in [9.17, 15) is 4.79 Å². The fourth-order valence-corrected chi connectivity index (χ4v) is 2.58. The standard InChI is InChI=1S/C19H23NO4/c1-13-17(23-3)9-8-16(18(13)24-4)19(21)20-11-10-14-6-5-7-15(12-14)22-2/h5-9,12H,10-11H2,1-4H3,(H,20,21). The smallest absolute Gasteiger partial charge is 0.255 e. The first-order valence-corrected chi connectivity index (χ1v) is 7.73. The Labute approximate surface area is 142 Å². The van der Waals surface area contributed by atoms with Crippen LogP contribution in [-0.2, 0) is 6.42 Å². The minimum Gasteiger partial charge on any atom is -0.497 e.